The van der Waals surface area contributed by atoms with Crippen molar-refractivity contribution in [3.05, 3.63) is 30.6 Å². The van der Waals surface area contributed by atoms with Crippen molar-refractivity contribution >= 4 is 27.4 Å². The van der Waals surface area contributed by atoms with Crippen LogP contribution in [-0.2, 0) is 11.3 Å². The largest absolute Gasteiger partial charge is 0.383 e. The second-order valence-electron chi connectivity index (χ2n) is 4.20. The molecule has 3 aromatic rings. The predicted molar refractivity (Wildman–Crippen MR) is 77.1 cm³/mol. The van der Waals surface area contributed by atoms with Gasteiger partial charge in [-0.05, 0) is 17.7 Å². The molecule has 0 fully saturated rings. The summed E-state index contributed by atoms with van der Waals surface area (Å²) in [6.07, 6.45) is 3.68. The molecule has 0 aliphatic carbocycles. The van der Waals surface area contributed by atoms with Crippen molar-refractivity contribution < 1.29 is 4.74 Å². The van der Waals surface area contributed by atoms with Gasteiger partial charge in [0.1, 0.15) is 0 Å². The van der Waals surface area contributed by atoms with Gasteiger partial charge in [0, 0.05) is 18.7 Å². The Labute approximate surface area is 114 Å². The average Bonchev–Trinajstić information content (AvgIpc) is 3.02. The number of hydrogen-bond acceptors (Lipinski definition) is 5. The number of hydrogen-bond donors (Lipinski definition) is 1. The molecule has 0 saturated heterocycles. The van der Waals surface area contributed by atoms with Gasteiger partial charge in [-0.25, -0.2) is 4.98 Å². The molecule has 0 saturated carbocycles. The second-order valence-corrected chi connectivity index (χ2v) is 5.26. The molecule has 0 aliphatic rings. The lowest BCUT2D eigenvalue weighted by Gasteiger charge is -2.03. The Balaban J connectivity index is 1.98. The highest BCUT2D eigenvalue weighted by molar-refractivity contribution is 7.18. The molecule has 0 atom stereocenters. The standard InChI is InChI=1S/C13H14N4OS/c1-18-5-4-17-11-3-2-9(6-10(11)7-16-17)12-8-15-13(14)19-12/h2-3,6-8H,4-5H2,1H3,(H2,14,15). The number of anilines is 1. The first-order valence-electron chi connectivity index (χ1n) is 5.94. The van der Waals surface area contributed by atoms with Gasteiger partial charge in [0.15, 0.2) is 5.13 Å². The second kappa shape index (κ2) is 4.99. The number of nitrogens with two attached hydrogens (primary N) is 1. The average molecular weight is 274 g/mol. The number of nitrogen functional groups attached to an aromatic ring is 1. The van der Waals surface area contributed by atoms with E-state index in [4.69, 9.17) is 10.5 Å². The van der Waals surface area contributed by atoms with Crippen LogP contribution in [0.3, 0.4) is 0 Å². The smallest absolute Gasteiger partial charge is 0.180 e. The fourth-order valence-corrected chi connectivity index (χ4v) is 2.70. The van der Waals surface area contributed by atoms with Gasteiger partial charge in [-0.2, -0.15) is 5.10 Å². The number of methoxy groups -OCH3 is 1. The van der Waals surface area contributed by atoms with Crippen LogP contribution in [0.2, 0.25) is 0 Å². The zero-order chi connectivity index (χ0) is 13.2. The molecule has 98 valence electrons. The Morgan fingerprint density at radius 3 is 3.00 bits per heavy atom. The topological polar surface area (TPSA) is 66.0 Å². The fourth-order valence-electron chi connectivity index (χ4n) is 2.02. The zero-order valence-electron chi connectivity index (χ0n) is 10.5. The first-order chi connectivity index (χ1) is 9.28. The van der Waals surface area contributed by atoms with Gasteiger partial charge in [0.05, 0.1) is 29.7 Å². The van der Waals surface area contributed by atoms with Crippen molar-refractivity contribution in [2.24, 2.45) is 0 Å². The molecule has 0 amide bonds. The molecule has 2 N–H and O–H groups in total. The molecule has 0 aliphatic heterocycles. The Bertz CT molecular complexity index is 704. The molecule has 1 aromatic carbocycles. The Morgan fingerprint density at radius 2 is 2.26 bits per heavy atom. The van der Waals surface area contributed by atoms with Gasteiger partial charge in [-0.15, -0.1) is 0 Å². The third kappa shape index (κ3) is 2.32. The van der Waals surface area contributed by atoms with E-state index in [1.807, 2.05) is 10.9 Å². The minimum Gasteiger partial charge on any atom is -0.383 e. The molecule has 19 heavy (non-hydrogen) atoms. The number of ether oxygens (including phenoxy) is 1. The van der Waals surface area contributed by atoms with Crippen LogP contribution >= 0.6 is 11.3 Å². The van der Waals surface area contributed by atoms with Crippen LogP contribution in [0.15, 0.2) is 30.6 Å². The van der Waals surface area contributed by atoms with Crippen LogP contribution < -0.4 is 5.73 Å². The lowest BCUT2D eigenvalue weighted by atomic mass is 10.1. The monoisotopic (exact) mass is 274 g/mol. The molecule has 0 unspecified atom stereocenters. The summed E-state index contributed by atoms with van der Waals surface area (Å²) in [4.78, 5) is 5.15. The highest BCUT2D eigenvalue weighted by Gasteiger charge is 2.06. The normalized spacial score (nSPS) is 11.2. The molecule has 0 bridgehead atoms. The third-order valence-electron chi connectivity index (χ3n) is 2.96. The number of fused-ring (bicyclic) bond motifs is 1. The van der Waals surface area contributed by atoms with E-state index < -0.39 is 0 Å². The molecule has 5 nitrogen and oxygen atoms in total. The third-order valence-corrected chi connectivity index (χ3v) is 3.83. The first-order valence-corrected chi connectivity index (χ1v) is 6.76. The first kappa shape index (κ1) is 12.1. The maximum atomic E-state index is 5.66. The Morgan fingerprint density at radius 1 is 1.37 bits per heavy atom. The van der Waals surface area contributed by atoms with Crippen molar-refractivity contribution in [1.82, 2.24) is 14.8 Å². The maximum absolute atomic E-state index is 5.66. The van der Waals surface area contributed by atoms with Crippen LogP contribution in [0.5, 0.6) is 0 Å². The van der Waals surface area contributed by atoms with E-state index in [2.05, 4.69) is 28.3 Å². The summed E-state index contributed by atoms with van der Waals surface area (Å²) in [6, 6.07) is 6.25. The Hall–Kier alpha value is -1.92. The van der Waals surface area contributed by atoms with Gasteiger partial charge in [0.2, 0.25) is 0 Å². The summed E-state index contributed by atoms with van der Waals surface area (Å²) in [5.41, 5.74) is 7.89. The SMILES string of the molecule is COCCn1ncc2cc(-c3cnc(N)s3)ccc21. The van der Waals surface area contributed by atoms with E-state index in [-0.39, 0.29) is 0 Å². The van der Waals surface area contributed by atoms with Crippen molar-refractivity contribution in [1.29, 1.82) is 0 Å². The van der Waals surface area contributed by atoms with Crippen LogP contribution in [0.4, 0.5) is 5.13 Å². The lowest BCUT2D eigenvalue weighted by molar-refractivity contribution is 0.185. The van der Waals surface area contributed by atoms with Gasteiger partial charge in [-0.1, -0.05) is 17.4 Å². The number of benzene rings is 1. The minimum absolute atomic E-state index is 0.589. The van der Waals surface area contributed by atoms with Gasteiger partial charge in [-0.3, -0.25) is 4.68 Å². The van der Waals surface area contributed by atoms with E-state index >= 15 is 0 Å². The fraction of sp³-hybridized carbons (Fsp3) is 0.231. The van der Waals surface area contributed by atoms with E-state index in [1.165, 1.54) is 11.3 Å². The zero-order valence-corrected chi connectivity index (χ0v) is 11.4. The minimum atomic E-state index is 0.589. The molecule has 0 radical (unpaired) electrons. The number of thiazole rings is 1. The van der Waals surface area contributed by atoms with Crippen LogP contribution in [0.25, 0.3) is 21.3 Å². The maximum Gasteiger partial charge on any atom is 0.180 e. The van der Waals surface area contributed by atoms with Crippen molar-refractivity contribution in [3.8, 4) is 10.4 Å². The predicted octanol–water partition coefficient (Wildman–Crippen LogP) is 2.39. The van der Waals surface area contributed by atoms with Crippen molar-refractivity contribution in [3.63, 3.8) is 0 Å². The van der Waals surface area contributed by atoms with Crippen LogP contribution in [0.1, 0.15) is 0 Å². The van der Waals surface area contributed by atoms with E-state index in [9.17, 15) is 0 Å². The lowest BCUT2D eigenvalue weighted by Crippen LogP contribution is -2.05. The van der Waals surface area contributed by atoms with Crippen molar-refractivity contribution in [2.75, 3.05) is 19.5 Å². The van der Waals surface area contributed by atoms with Crippen molar-refractivity contribution in [2.45, 2.75) is 6.54 Å². The molecule has 6 heteroatoms. The summed E-state index contributed by atoms with van der Waals surface area (Å²) in [7, 11) is 1.69. The number of rotatable bonds is 4. The molecule has 0 spiro atoms. The molecular formula is C13H14N4OS. The molecule has 2 heterocycles. The van der Waals surface area contributed by atoms with E-state index in [1.54, 1.807) is 13.3 Å². The van der Waals surface area contributed by atoms with Gasteiger partial charge >= 0.3 is 0 Å². The van der Waals surface area contributed by atoms with E-state index in [0.717, 1.165) is 27.9 Å². The number of nitrogens with zero attached hydrogens (tertiary/aromatic N) is 3. The van der Waals surface area contributed by atoms with Gasteiger partial charge < -0.3 is 10.5 Å². The van der Waals surface area contributed by atoms with Gasteiger partial charge in [0.25, 0.3) is 0 Å². The summed E-state index contributed by atoms with van der Waals surface area (Å²) >= 11 is 1.49. The summed E-state index contributed by atoms with van der Waals surface area (Å²) < 4.78 is 7.03. The summed E-state index contributed by atoms with van der Waals surface area (Å²) in [5.74, 6) is 0. The molecular weight excluding hydrogens is 260 g/mol. The highest BCUT2D eigenvalue weighted by atomic mass is 32.1. The summed E-state index contributed by atoms with van der Waals surface area (Å²) in [5, 5.41) is 6.07. The molecule has 2 aromatic heterocycles. The van der Waals surface area contributed by atoms with Crippen LogP contribution in [-0.4, -0.2) is 28.5 Å². The quantitative estimate of drug-likeness (QED) is 0.793. The molecule has 3 rings (SSSR count). The summed E-state index contributed by atoms with van der Waals surface area (Å²) in [6.45, 7) is 1.41. The Kier molecular flexibility index (Phi) is 3.18. The van der Waals surface area contributed by atoms with Crippen LogP contribution in [0, 0.1) is 0 Å². The van der Waals surface area contributed by atoms with E-state index in [0.29, 0.717) is 11.7 Å². The highest BCUT2D eigenvalue weighted by Crippen LogP contribution is 2.29. The number of aromatic nitrogens is 3.